The van der Waals surface area contributed by atoms with E-state index in [1.165, 1.54) is 22.8 Å². The first-order chi connectivity index (χ1) is 20.4. The largest absolute Gasteiger partial charge is 0.479 e. The van der Waals surface area contributed by atoms with Crippen LogP contribution in [0.15, 0.2) is 47.4 Å². The highest BCUT2D eigenvalue weighted by atomic mass is 32.2. The van der Waals surface area contributed by atoms with E-state index in [-0.39, 0.29) is 34.7 Å². The van der Waals surface area contributed by atoms with Crippen LogP contribution in [0.25, 0.3) is 10.9 Å². The van der Waals surface area contributed by atoms with Crippen LogP contribution in [0.4, 0.5) is 24.5 Å². The summed E-state index contributed by atoms with van der Waals surface area (Å²) in [5, 5.41) is 4.30. The number of halogens is 3. The number of anilines is 2. The van der Waals surface area contributed by atoms with Crippen LogP contribution in [-0.4, -0.2) is 75.3 Å². The molecule has 1 aromatic heterocycles. The minimum Gasteiger partial charge on any atom is -0.479 e. The van der Waals surface area contributed by atoms with Gasteiger partial charge in [0.05, 0.1) is 35.0 Å². The normalized spacial score (nSPS) is 22.0. The van der Waals surface area contributed by atoms with Crippen molar-refractivity contribution in [2.75, 3.05) is 50.2 Å². The summed E-state index contributed by atoms with van der Waals surface area (Å²) in [6.45, 7) is 2.70. The number of hydrogen-bond donors (Lipinski definition) is 2. The van der Waals surface area contributed by atoms with E-state index < -0.39 is 22.6 Å². The molecule has 1 saturated carbocycles. The molecule has 43 heavy (non-hydrogen) atoms. The Morgan fingerprint density at radius 1 is 1.12 bits per heavy atom. The van der Waals surface area contributed by atoms with Crippen LogP contribution in [0.1, 0.15) is 31.4 Å². The van der Waals surface area contributed by atoms with Crippen molar-refractivity contribution in [3.63, 3.8) is 0 Å². The summed E-state index contributed by atoms with van der Waals surface area (Å²) >= 11 is 0. The SMILES string of the molecule is CS(=O)(=O)c1ccc(OCC#Cc2cc3c(NC4CCC(N5CC6(COC6)C5)CC4)cccc3n2CC(F)(F)F)c(N)c1. The molecule has 3 N–H and O–H groups in total. The standard InChI is InChI=1S/C31H35F3N4O4S/c1-43(39,40)24-11-12-29(26(35)15-24)42-13-3-4-23-14-25-27(5-2-6-28(25)38(23)18-31(32,33)34)36-21-7-9-22(10-8-21)37-16-30(17-37)19-41-20-30/h2,5-6,11-12,14-15,21-22,36H,7-10,13,16-20,35H2,1H3. The van der Waals surface area contributed by atoms with Gasteiger partial charge >= 0.3 is 6.18 Å². The van der Waals surface area contributed by atoms with E-state index in [0.717, 1.165) is 63.9 Å². The molecule has 2 aromatic carbocycles. The molecular formula is C31H35F3N4O4S. The molecule has 0 atom stereocenters. The maximum Gasteiger partial charge on any atom is 0.406 e. The third-order valence-corrected chi connectivity index (χ3v) is 9.79. The van der Waals surface area contributed by atoms with Crippen LogP contribution in [0, 0.1) is 17.3 Å². The van der Waals surface area contributed by atoms with Crippen LogP contribution < -0.4 is 15.8 Å². The molecule has 3 fully saturated rings. The lowest BCUT2D eigenvalue weighted by Crippen LogP contribution is -2.68. The zero-order valence-electron chi connectivity index (χ0n) is 23.9. The van der Waals surface area contributed by atoms with Gasteiger partial charge in [-0.2, -0.15) is 13.2 Å². The number of nitrogens with zero attached hydrogens (tertiary/aromatic N) is 2. The molecule has 6 rings (SSSR count). The van der Waals surface area contributed by atoms with Gasteiger partial charge in [-0.3, -0.25) is 4.90 Å². The van der Waals surface area contributed by atoms with Crippen molar-refractivity contribution in [2.45, 2.75) is 55.4 Å². The minimum atomic E-state index is -4.43. The molecule has 3 heterocycles. The van der Waals surface area contributed by atoms with Crippen LogP contribution in [0.3, 0.4) is 0 Å². The summed E-state index contributed by atoms with van der Waals surface area (Å²) in [6.07, 6.45) is 0.839. The van der Waals surface area contributed by atoms with E-state index in [1.54, 1.807) is 18.2 Å². The average Bonchev–Trinajstić information content (AvgIpc) is 3.23. The molecule has 0 amide bonds. The number of hydrogen-bond acceptors (Lipinski definition) is 7. The number of fused-ring (bicyclic) bond motifs is 1. The Hall–Kier alpha value is -3.40. The molecule has 1 spiro atoms. The van der Waals surface area contributed by atoms with Crippen LogP contribution in [-0.2, 0) is 21.1 Å². The van der Waals surface area contributed by atoms with E-state index in [4.69, 9.17) is 15.2 Å². The van der Waals surface area contributed by atoms with Gasteiger partial charge in [0.25, 0.3) is 0 Å². The number of nitrogens with one attached hydrogen (secondary N) is 1. The second-order valence-electron chi connectivity index (χ2n) is 12.1. The highest BCUT2D eigenvalue weighted by Gasteiger charge is 2.50. The Balaban J connectivity index is 1.15. The molecule has 0 radical (unpaired) electrons. The van der Waals surface area contributed by atoms with Gasteiger partial charge in [-0.05, 0) is 68.0 Å². The molecule has 2 saturated heterocycles. The van der Waals surface area contributed by atoms with Gasteiger partial charge in [0, 0.05) is 47.9 Å². The lowest BCUT2D eigenvalue weighted by Gasteiger charge is -2.58. The van der Waals surface area contributed by atoms with Crippen LogP contribution in [0.2, 0.25) is 0 Å². The highest BCUT2D eigenvalue weighted by molar-refractivity contribution is 7.90. The van der Waals surface area contributed by atoms with Crippen molar-refractivity contribution < 1.29 is 31.1 Å². The number of aromatic nitrogens is 1. The van der Waals surface area contributed by atoms with E-state index in [9.17, 15) is 21.6 Å². The van der Waals surface area contributed by atoms with E-state index in [2.05, 4.69) is 22.1 Å². The van der Waals surface area contributed by atoms with Crippen molar-refractivity contribution in [1.82, 2.24) is 9.47 Å². The Bertz CT molecular complexity index is 1670. The van der Waals surface area contributed by atoms with Gasteiger partial charge in [0.1, 0.15) is 18.9 Å². The van der Waals surface area contributed by atoms with Gasteiger partial charge in [-0.15, -0.1) is 0 Å². The van der Waals surface area contributed by atoms with Gasteiger partial charge in [0.15, 0.2) is 9.84 Å². The van der Waals surface area contributed by atoms with E-state index in [1.807, 2.05) is 6.07 Å². The molecule has 0 unspecified atom stereocenters. The number of alkyl halides is 3. The minimum absolute atomic E-state index is 0.0612. The average molecular weight is 617 g/mol. The molecule has 3 aromatic rings. The van der Waals surface area contributed by atoms with Crippen molar-refractivity contribution >= 4 is 32.1 Å². The first-order valence-electron chi connectivity index (χ1n) is 14.4. The maximum absolute atomic E-state index is 13.6. The van der Waals surface area contributed by atoms with E-state index in [0.29, 0.717) is 22.4 Å². The molecule has 3 aliphatic rings. The Morgan fingerprint density at radius 2 is 1.86 bits per heavy atom. The molecule has 12 heteroatoms. The third-order valence-electron chi connectivity index (χ3n) is 8.68. The first-order valence-corrected chi connectivity index (χ1v) is 16.3. The molecule has 2 aliphatic heterocycles. The van der Waals surface area contributed by atoms with Crippen LogP contribution >= 0.6 is 0 Å². The molecular weight excluding hydrogens is 581 g/mol. The van der Waals surface area contributed by atoms with Crippen molar-refractivity contribution in [1.29, 1.82) is 0 Å². The second kappa shape index (κ2) is 11.3. The Morgan fingerprint density at radius 3 is 2.49 bits per heavy atom. The molecule has 230 valence electrons. The van der Waals surface area contributed by atoms with Gasteiger partial charge in [-0.1, -0.05) is 12.0 Å². The highest BCUT2D eigenvalue weighted by Crippen LogP contribution is 2.41. The topological polar surface area (TPSA) is 98.8 Å². The zero-order valence-corrected chi connectivity index (χ0v) is 24.7. The third kappa shape index (κ3) is 6.44. The number of nitrogens with two attached hydrogens (primary N) is 1. The van der Waals surface area contributed by atoms with E-state index >= 15 is 0 Å². The maximum atomic E-state index is 13.6. The lowest BCUT2D eigenvalue weighted by molar-refractivity contribution is -0.200. The van der Waals surface area contributed by atoms with Crippen molar-refractivity contribution in [2.24, 2.45) is 5.41 Å². The molecule has 1 aliphatic carbocycles. The fourth-order valence-electron chi connectivity index (χ4n) is 6.44. The van der Waals surface area contributed by atoms with Crippen molar-refractivity contribution in [3.05, 3.63) is 48.2 Å². The summed E-state index contributed by atoms with van der Waals surface area (Å²) in [4.78, 5) is 2.63. The lowest BCUT2D eigenvalue weighted by atomic mass is 9.75. The summed E-state index contributed by atoms with van der Waals surface area (Å²) in [5.41, 5.74) is 7.93. The number of likely N-dealkylation sites (tertiary alicyclic amines) is 1. The summed E-state index contributed by atoms with van der Waals surface area (Å²) in [6, 6.07) is 12.0. The Kier molecular flexibility index (Phi) is 7.77. The molecule has 8 nitrogen and oxygen atoms in total. The quantitative estimate of drug-likeness (QED) is 0.294. The number of rotatable bonds is 7. The summed E-state index contributed by atoms with van der Waals surface area (Å²) in [5.74, 6) is 5.86. The Labute approximate surface area is 249 Å². The summed E-state index contributed by atoms with van der Waals surface area (Å²) < 4.78 is 76.4. The fourth-order valence-corrected chi connectivity index (χ4v) is 7.10. The smallest absolute Gasteiger partial charge is 0.406 e. The number of nitrogen functional groups attached to an aromatic ring is 1. The second-order valence-corrected chi connectivity index (χ2v) is 14.1. The predicted molar refractivity (Wildman–Crippen MR) is 159 cm³/mol. The van der Waals surface area contributed by atoms with Crippen LogP contribution in [0.5, 0.6) is 5.75 Å². The number of ether oxygens (including phenoxy) is 2. The van der Waals surface area contributed by atoms with Gasteiger partial charge < -0.3 is 25.1 Å². The predicted octanol–water partition coefficient (Wildman–Crippen LogP) is 4.68. The molecule has 0 bridgehead atoms. The number of sulfone groups is 1. The zero-order chi connectivity index (χ0) is 30.4. The fraction of sp³-hybridized carbons (Fsp3) is 0.484. The summed E-state index contributed by atoms with van der Waals surface area (Å²) in [7, 11) is -3.43. The monoisotopic (exact) mass is 616 g/mol. The van der Waals surface area contributed by atoms with Gasteiger partial charge in [0.2, 0.25) is 0 Å². The first kappa shape index (κ1) is 29.7. The van der Waals surface area contributed by atoms with Gasteiger partial charge in [-0.25, -0.2) is 8.42 Å². The van der Waals surface area contributed by atoms with Crippen molar-refractivity contribution in [3.8, 4) is 17.6 Å². The number of benzene rings is 2.